The number of alkyl carbamates (subject to hydrolysis) is 1. The maximum atomic E-state index is 15.6. The molecule has 2 aromatic rings. The van der Waals surface area contributed by atoms with E-state index < -0.39 is 11.7 Å². The maximum Gasteiger partial charge on any atom is 0.406 e. The van der Waals surface area contributed by atoms with Crippen molar-refractivity contribution in [2.75, 3.05) is 33.3 Å². The molecular weight excluding hydrogens is 497 g/mol. The Hall–Kier alpha value is -2.97. The molecule has 0 saturated carbocycles. The number of halogens is 1. The van der Waals surface area contributed by atoms with Crippen molar-refractivity contribution in [2.45, 2.75) is 69.9 Å². The predicted molar refractivity (Wildman–Crippen MR) is 150 cm³/mol. The number of benzene rings is 2. The second-order valence-corrected chi connectivity index (χ2v) is 10.8. The molecule has 3 N–H and O–H groups in total. The number of hydrogen-bond donors (Lipinski definition) is 3. The summed E-state index contributed by atoms with van der Waals surface area (Å²) in [7, 11) is 1.31. The Kier molecular flexibility index (Phi) is 9.97. The quantitative estimate of drug-likeness (QED) is 0.379. The maximum absolute atomic E-state index is 15.6. The van der Waals surface area contributed by atoms with Gasteiger partial charge >= 0.3 is 6.09 Å². The summed E-state index contributed by atoms with van der Waals surface area (Å²) in [6.45, 7) is 4.39. The molecule has 39 heavy (non-hydrogen) atoms. The lowest BCUT2D eigenvalue weighted by Gasteiger charge is -2.44. The molecule has 0 spiro atoms. The smallest absolute Gasteiger partial charge is 0.406 e. The molecule has 2 aromatic carbocycles. The highest BCUT2D eigenvalue weighted by Crippen LogP contribution is 2.44. The van der Waals surface area contributed by atoms with E-state index in [2.05, 4.69) is 22.3 Å². The van der Waals surface area contributed by atoms with Gasteiger partial charge in [-0.1, -0.05) is 43.3 Å². The van der Waals surface area contributed by atoms with Crippen molar-refractivity contribution in [1.29, 1.82) is 0 Å². The molecule has 2 aliphatic heterocycles. The molecule has 0 bridgehead atoms. The molecule has 0 aromatic heterocycles. The predicted octanol–water partition coefficient (Wildman–Crippen LogP) is 4.76. The van der Waals surface area contributed by atoms with Crippen molar-refractivity contribution in [3.8, 4) is 11.1 Å². The minimum Gasteiger partial charge on any atom is -0.453 e. The number of aliphatic hydroxyl groups is 1. The van der Waals surface area contributed by atoms with Crippen LogP contribution in [0.1, 0.15) is 63.0 Å². The van der Waals surface area contributed by atoms with E-state index in [1.54, 1.807) is 6.07 Å². The van der Waals surface area contributed by atoms with Gasteiger partial charge in [-0.05, 0) is 74.2 Å². The SMILES string of the molecule is CCc1cccc(-c2c(F)cccc2[C@](O)(CCCNC(=O)OC)[C@@H]2CCCN(C(=O)C[C@@H]3CCCN3)C2)c1. The summed E-state index contributed by atoms with van der Waals surface area (Å²) in [6.07, 6.45) is 5.09. The number of ether oxygens (including phenoxy) is 1. The summed E-state index contributed by atoms with van der Waals surface area (Å²) in [5.74, 6) is -0.563. The molecule has 0 aliphatic carbocycles. The van der Waals surface area contributed by atoms with Crippen LogP contribution in [0.5, 0.6) is 0 Å². The first-order valence-corrected chi connectivity index (χ1v) is 14.3. The molecule has 8 heteroatoms. The van der Waals surface area contributed by atoms with Crippen molar-refractivity contribution >= 4 is 12.0 Å². The van der Waals surface area contributed by atoms with Crippen LogP contribution in [0, 0.1) is 11.7 Å². The topological polar surface area (TPSA) is 90.9 Å². The third-order valence-corrected chi connectivity index (χ3v) is 8.33. The fourth-order valence-corrected chi connectivity index (χ4v) is 6.17. The summed E-state index contributed by atoms with van der Waals surface area (Å²) in [5, 5.41) is 18.6. The summed E-state index contributed by atoms with van der Waals surface area (Å²) >= 11 is 0. The van der Waals surface area contributed by atoms with Gasteiger partial charge in [0.1, 0.15) is 5.82 Å². The zero-order chi connectivity index (χ0) is 27.8. The van der Waals surface area contributed by atoms with Crippen LogP contribution >= 0.6 is 0 Å². The van der Waals surface area contributed by atoms with Crippen LogP contribution in [0.4, 0.5) is 9.18 Å². The monoisotopic (exact) mass is 539 g/mol. The number of likely N-dealkylation sites (tertiary alicyclic amines) is 1. The van der Waals surface area contributed by atoms with Gasteiger partial charge in [0.05, 0.1) is 12.7 Å². The minimum absolute atomic E-state index is 0.101. The Morgan fingerprint density at radius 3 is 2.77 bits per heavy atom. The molecule has 3 atom stereocenters. The highest BCUT2D eigenvalue weighted by atomic mass is 19.1. The zero-order valence-corrected chi connectivity index (χ0v) is 23.2. The minimum atomic E-state index is -1.40. The number of aryl methyl sites for hydroxylation is 1. The van der Waals surface area contributed by atoms with Crippen LogP contribution in [0.15, 0.2) is 42.5 Å². The lowest BCUT2D eigenvalue weighted by atomic mass is 9.72. The summed E-state index contributed by atoms with van der Waals surface area (Å²) in [6, 6.07) is 12.9. The van der Waals surface area contributed by atoms with Crippen LogP contribution in [0.25, 0.3) is 11.1 Å². The molecule has 7 nitrogen and oxygen atoms in total. The van der Waals surface area contributed by atoms with Gasteiger partial charge in [-0.3, -0.25) is 4.79 Å². The van der Waals surface area contributed by atoms with Crippen molar-refractivity contribution in [1.82, 2.24) is 15.5 Å². The molecule has 2 saturated heterocycles. The zero-order valence-electron chi connectivity index (χ0n) is 23.2. The molecule has 0 radical (unpaired) electrons. The Morgan fingerprint density at radius 1 is 1.21 bits per heavy atom. The van der Waals surface area contributed by atoms with Crippen LogP contribution in [0.3, 0.4) is 0 Å². The Morgan fingerprint density at radius 2 is 2.03 bits per heavy atom. The second kappa shape index (κ2) is 13.4. The number of carbonyl (C=O) groups excluding carboxylic acids is 2. The van der Waals surface area contributed by atoms with Gasteiger partial charge in [0, 0.05) is 43.6 Å². The number of nitrogens with one attached hydrogen (secondary N) is 2. The standard InChI is InChI=1S/C31H42FN3O4/c1-3-22-9-4-10-23(19-22)29-26(13-5-14-27(29)32)31(38,15-8-17-34-30(37)39-2)24-11-7-18-35(21-24)28(36)20-25-12-6-16-33-25/h4-5,9-10,13-14,19,24-25,33,38H,3,6-8,11-12,15-18,20-21H2,1-2H3,(H,34,37)/t24-,25+,31+/m1/s1. The van der Waals surface area contributed by atoms with Gasteiger partial charge in [-0.25, -0.2) is 9.18 Å². The van der Waals surface area contributed by atoms with E-state index in [4.69, 9.17) is 0 Å². The third-order valence-electron chi connectivity index (χ3n) is 8.33. The fraction of sp³-hybridized carbons (Fsp3) is 0.548. The molecular formula is C31H42FN3O4. The van der Waals surface area contributed by atoms with Crippen molar-refractivity contribution in [3.63, 3.8) is 0 Å². The van der Waals surface area contributed by atoms with Crippen molar-refractivity contribution in [2.24, 2.45) is 5.92 Å². The number of methoxy groups -OCH3 is 1. The molecule has 0 unspecified atom stereocenters. The van der Waals surface area contributed by atoms with Crippen LogP contribution in [0.2, 0.25) is 0 Å². The summed E-state index contributed by atoms with van der Waals surface area (Å²) in [4.78, 5) is 26.7. The number of amides is 2. The van der Waals surface area contributed by atoms with E-state index in [0.29, 0.717) is 50.0 Å². The number of piperidine rings is 1. The Balaban J connectivity index is 1.66. The van der Waals surface area contributed by atoms with E-state index in [1.807, 2.05) is 35.2 Å². The normalized spacial score (nSPS) is 20.9. The average Bonchev–Trinajstić information content (AvgIpc) is 3.48. The van der Waals surface area contributed by atoms with E-state index in [1.165, 1.54) is 13.2 Å². The number of nitrogens with zero attached hydrogens (tertiary/aromatic N) is 1. The lowest BCUT2D eigenvalue weighted by Crippen LogP contribution is -2.49. The highest BCUT2D eigenvalue weighted by Gasteiger charge is 2.43. The Bertz CT molecular complexity index is 1140. The van der Waals surface area contributed by atoms with E-state index in [0.717, 1.165) is 49.8 Å². The summed E-state index contributed by atoms with van der Waals surface area (Å²) in [5.41, 5.74) is 1.34. The molecule has 2 amide bonds. The highest BCUT2D eigenvalue weighted by molar-refractivity contribution is 5.77. The van der Waals surface area contributed by atoms with E-state index in [-0.39, 0.29) is 23.7 Å². The van der Waals surface area contributed by atoms with Gasteiger partial charge in [0.15, 0.2) is 0 Å². The third kappa shape index (κ3) is 6.97. The molecule has 2 heterocycles. The molecule has 212 valence electrons. The lowest BCUT2D eigenvalue weighted by molar-refractivity contribution is -0.137. The fourth-order valence-electron chi connectivity index (χ4n) is 6.17. The number of hydrogen-bond acceptors (Lipinski definition) is 5. The van der Waals surface area contributed by atoms with Gasteiger partial charge < -0.3 is 25.4 Å². The van der Waals surface area contributed by atoms with Crippen LogP contribution < -0.4 is 10.6 Å². The van der Waals surface area contributed by atoms with Gasteiger partial charge in [0.2, 0.25) is 5.91 Å². The van der Waals surface area contributed by atoms with E-state index in [9.17, 15) is 14.7 Å². The molecule has 4 rings (SSSR count). The number of carbonyl (C=O) groups is 2. The van der Waals surface area contributed by atoms with Gasteiger partial charge in [-0.2, -0.15) is 0 Å². The second-order valence-electron chi connectivity index (χ2n) is 10.8. The van der Waals surface area contributed by atoms with Crippen LogP contribution in [-0.2, 0) is 21.6 Å². The first-order valence-electron chi connectivity index (χ1n) is 14.3. The largest absolute Gasteiger partial charge is 0.453 e. The number of rotatable bonds is 10. The first kappa shape index (κ1) is 29.0. The van der Waals surface area contributed by atoms with Gasteiger partial charge in [-0.15, -0.1) is 0 Å². The van der Waals surface area contributed by atoms with Crippen LogP contribution in [-0.4, -0.2) is 61.3 Å². The van der Waals surface area contributed by atoms with Crippen molar-refractivity contribution in [3.05, 3.63) is 59.4 Å². The molecule has 2 fully saturated rings. The van der Waals surface area contributed by atoms with Gasteiger partial charge in [0.25, 0.3) is 0 Å². The molecule has 2 aliphatic rings. The van der Waals surface area contributed by atoms with E-state index >= 15 is 4.39 Å². The average molecular weight is 540 g/mol. The summed E-state index contributed by atoms with van der Waals surface area (Å²) < 4.78 is 20.3. The first-order chi connectivity index (χ1) is 18.9. The Labute approximate surface area is 231 Å². The van der Waals surface area contributed by atoms with Crippen molar-refractivity contribution < 1.29 is 23.8 Å².